The van der Waals surface area contributed by atoms with Crippen LogP contribution in [0.15, 0.2) is 100 Å². The zero-order chi connectivity index (χ0) is 19.0. The van der Waals surface area contributed by atoms with E-state index in [1.165, 1.54) is 15.9 Å². The number of benzene rings is 3. The van der Waals surface area contributed by atoms with Crippen molar-refractivity contribution in [1.29, 1.82) is 0 Å². The summed E-state index contributed by atoms with van der Waals surface area (Å²) in [4.78, 5) is 3.98. The van der Waals surface area contributed by atoms with Gasteiger partial charge in [-0.25, -0.2) is 4.86 Å². The molecule has 0 saturated heterocycles. The lowest BCUT2D eigenvalue weighted by molar-refractivity contribution is 1.48. The topological polar surface area (TPSA) is 36.8 Å². The van der Waals surface area contributed by atoms with Gasteiger partial charge in [-0.05, 0) is 25.5 Å². The fraction of sp³-hybridized carbons (Fsp3) is 0.143. The van der Waals surface area contributed by atoms with Crippen LogP contribution in [0.3, 0.4) is 0 Å². The molecule has 1 heterocycles. The molecule has 1 aliphatic heterocycles. The average molecular weight is 412 g/mol. The first-order chi connectivity index (χ1) is 12.9. The Bertz CT molecular complexity index is 984. The Balaban J connectivity index is 1.99. The molecular weight excluding hydrogens is 387 g/mol. The molecule has 4 rings (SSSR count). The van der Waals surface area contributed by atoms with Crippen LogP contribution >= 0.6 is 22.0 Å². The highest BCUT2D eigenvalue weighted by molar-refractivity contribution is 7.98. The average Bonchev–Trinajstić information content (AvgIpc) is 2.69. The molecule has 3 atom stereocenters. The summed E-state index contributed by atoms with van der Waals surface area (Å²) in [6.45, 7) is 6.88. The normalized spacial score (nSPS) is 30.2. The van der Waals surface area contributed by atoms with Crippen LogP contribution in [-0.4, -0.2) is 20.0 Å². The number of rotatable bonds is 3. The van der Waals surface area contributed by atoms with E-state index in [2.05, 4.69) is 116 Å². The van der Waals surface area contributed by atoms with Crippen LogP contribution < -0.4 is 20.8 Å². The van der Waals surface area contributed by atoms with E-state index in [-0.39, 0.29) is 0 Å². The Kier molecular flexibility index (Phi) is 5.00. The van der Waals surface area contributed by atoms with Gasteiger partial charge in [0.05, 0.1) is 6.66 Å². The first-order valence-electron chi connectivity index (χ1n) is 8.99. The molecule has 0 fully saturated rings. The van der Waals surface area contributed by atoms with Crippen LogP contribution in [0.4, 0.5) is 0 Å². The lowest BCUT2D eigenvalue weighted by atomic mass is 10.4. The third kappa shape index (κ3) is 3.63. The third-order valence-corrected chi connectivity index (χ3v) is 17.5. The summed E-state index contributed by atoms with van der Waals surface area (Å²) < 4.78 is 11.0. The number of nitrogens with one attached hydrogen (secondary N) is 1. The molecule has 0 saturated carbocycles. The smallest absolute Gasteiger partial charge is 0.235 e. The van der Waals surface area contributed by atoms with E-state index in [0.717, 1.165) is 0 Å². The SMILES string of the molecule is C[P@]1(c2ccccc2)=N[P+](C)(c2ccccc2)N=[P@@](C)(c2ccccc2)N1. The van der Waals surface area contributed by atoms with Crippen LogP contribution in [0.1, 0.15) is 0 Å². The second kappa shape index (κ2) is 7.16. The molecule has 0 aromatic heterocycles. The molecule has 138 valence electrons. The van der Waals surface area contributed by atoms with Gasteiger partial charge in [-0.2, -0.15) is 0 Å². The molecule has 0 aliphatic carbocycles. The minimum Gasteiger partial charge on any atom is -0.235 e. The van der Waals surface area contributed by atoms with Crippen molar-refractivity contribution in [2.45, 2.75) is 0 Å². The fourth-order valence-corrected chi connectivity index (χ4v) is 18.5. The maximum atomic E-state index is 5.48. The third-order valence-electron chi connectivity index (χ3n) is 4.86. The standard InChI is InChI=1S/C21H25N3P3/c1-25(19-13-7-4-8-14-19)22-26(2,20-15-9-5-10-16-20)24-27(3,23-25)21-17-11-6-12-18-21/h4-18,22H,1-3H3/q+1/t25-,26+,27?. The molecule has 1 N–H and O–H groups in total. The Labute approximate surface area is 162 Å². The van der Waals surface area contributed by atoms with E-state index in [1.807, 2.05) is 0 Å². The van der Waals surface area contributed by atoms with Gasteiger partial charge in [0.2, 0.25) is 0 Å². The summed E-state index contributed by atoms with van der Waals surface area (Å²) >= 11 is 0. The molecule has 27 heavy (non-hydrogen) atoms. The molecular formula is C21H25N3P3+. The maximum Gasteiger partial charge on any atom is 0.278 e. The second-order valence-corrected chi connectivity index (χ2v) is 16.6. The van der Waals surface area contributed by atoms with E-state index in [4.69, 9.17) is 9.03 Å². The zero-order valence-corrected chi connectivity index (χ0v) is 18.6. The molecule has 0 amide bonds. The highest BCUT2D eigenvalue weighted by Gasteiger charge is 2.46. The maximum absolute atomic E-state index is 5.48. The highest BCUT2D eigenvalue weighted by atomic mass is 31.3. The summed E-state index contributed by atoms with van der Waals surface area (Å²) in [7, 11) is -5.82. The largest absolute Gasteiger partial charge is 0.278 e. The van der Waals surface area contributed by atoms with Crippen molar-refractivity contribution in [3.8, 4) is 0 Å². The van der Waals surface area contributed by atoms with Crippen LogP contribution in [0.5, 0.6) is 0 Å². The van der Waals surface area contributed by atoms with Gasteiger partial charge < -0.3 is 0 Å². The van der Waals surface area contributed by atoms with Crippen LogP contribution in [-0.2, 0) is 0 Å². The van der Waals surface area contributed by atoms with Crippen molar-refractivity contribution in [2.24, 2.45) is 9.03 Å². The van der Waals surface area contributed by atoms with E-state index < -0.39 is 22.0 Å². The Hall–Kier alpha value is -1.49. The Morgan fingerprint density at radius 1 is 0.630 bits per heavy atom. The van der Waals surface area contributed by atoms with Gasteiger partial charge in [0.25, 0.3) is 7.56 Å². The van der Waals surface area contributed by atoms with Gasteiger partial charge in [-0.15, -0.1) is 0 Å². The zero-order valence-electron chi connectivity index (χ0n) is 15.9. The summed E-state index contributed by atoms with van der Waals surface area (Å²) in [5, 5.41) is 3.85. The van der Waals surface area contributed by atoms with Crippen LogP contribution in [0, 0.1) is 0 Å². The first kappa shape index (κ1) is 18.9. The van der Waals surface area contributed by atoms with Gasteiger partial charge in [-0.3, -0.25) is 0 Å². The Morgan fingerprint density at radius 3 is 1.41 bits per heavy atom. The number of nitrogens with zero attached hydrogens (tertiary/aromatic N) is 2. The minimum atomic E-state index is -2.00. The number of hydrogen-bond donors (Lipinski definition) is 1. The van der Waals surface area contributed by atoms with Gasteiger partial charge in [-0.1, -0.05) is 87.9 Å². The minimum absolute atomic E-state index is 1.26. The molecule has 3 aromatic carbocycles. The van der Waals surface area contributed by atoms with Crippen LogP contribution in [0.2, 0.25) is 0 Å². The number of hydrogen-bond acceptors (Lipinski definition) is 3. The summed E-state index contributed by atoms with van der Waals surface area (Å²) in [5.74, 6) is 0. The lowest BCUT2D eigenvalue weighted by Gasteiger charge is -2.35. The predicted molar refractivity (Wildman–Crippen MR) is 125 cm³/mol. The summed E-state index contributed by atoms with van der Waals surface area (Å²) in [6, 6.07) is 32.1. The van der Waals surface area contributed by atoms with Gasteiger partial charge in [0, 0.05) is 10.6 Å². The highest BCUT2D eigenvalue weighted by Crippen LogP contribution is 2.75. The van der Waals surface area contributed by atoms with Crippen molar-refractivity contribution in [1.82, 2.24) is 4.86 Å². The van der Waals surface area contributed by atoms with E-state index in [0.29, 0.717) is 0 Å². The quantitative estimate of drug-likeness (QED) is 0.564. The lowest BCUT2D eigenvalue weighted by Crippen LogP contribution is -2.25. The van der Waals surface area contributed by atoms with Crippen molar-refractivity contribution in [3.63, 3.8) is 0 Å². The molecule has 1 unspecified atom stereocenters. The molecule has 0 bridgehead atoms. The van der Waals surface area contributed by atoms with Gasteiger partial charge in [0.15, 0.2) is 0 Å². The van der Waals surface area contributed by atoms with Crippen molar-refractivity contribution in [3.05, 3.63) is 91.0 Å². The van der Waals surface area contributed by atoms with Gasteiger partial charge >= 0.3 is 0 Å². The van der Waals surface area contributed by atoms with Crippen LogP contribution in [0.25, 0.3) is 0 Å². The van der Waals surface area contributed by atoms with Crippen molar-refractivity contribution >= 4 is 37.9 Å². The van der Waals surface area contributed by atoms with Crippen molar-refractivity contribution < 1.29 is 0 Å². The molecule has 3 aromatic rings. The Morgan fingerprint density at radius 2 is 1.00 bits per heavy atom. The van der Waals surface area contributed by atoms with E-state index in [9.17, 15) is 0 Å². The fourth-order valence-electron chi connectivity index (χ4n) is 3.60. The summed E-state index contributed by atoms with van der Waals surface area (Å²) in [5.41, 5.74) is 0. The molecule has 6 heteroatoms. The molecule has 0 radical (unpaired) electrons. The first-order valence-corrected chi connectivity index (χ1v) is 15.5. The monoisotopic (exact) mass is 412 g/mol. The molecule has 0 spiro atoms. The van der Waals surface area contributed by atoms with Crippen molar-refractivity contribution in [2.75, 3.05) is 20.0 Å². The molecule has 1 aliphatic rings. The van der Waals surface area contributed by atoms with E-state index in [1.54, 1.807) is 0 Å². The predicted octanol–water partition coefficient (Wildman–Crippen LogP) is 5.54. The summed E-state index contributed by atoms with van der Waals surface area (Å²) in [6.07, 6.45) is 0. The molecule has 3 nitrogen and oxygen atoms in total. The van der Waals surface area contributed by atoms with E-state index >= 15 is 0 Å². The van der Waals surface area contributed by atoms with Gasteiger partial charge in [0.1, 0.15) is 19.7 Å². The second-order valence-electron chi connectivity index (χ2n) is 7.12.